The Morgan fingerprint density at radius 1 is 0.929 bits per heavy atom. The average Bonchev–Trinajstić information content (AvgIpc) is 3.34. The monoisotopic (exact) mass is 502 g/mol. The van der Waals surface area contributed by atoms with Crippen molar-refractivity contribution in [3.63, 3.8) is 0 Å². The van der Waals surface area contributed by atoms with Gasteiger partial charge in [0.15, 0.2) is 5.96 Å². The van der Waals surface area contributed by atoms with Crippen molar-refractivity contribution in [3.8, 4) is 0 Å². The van der Waals surface area contributed by atoms with Crippen molar-refractivity contribution in [2.45, 2.75) is 89.1 Å². The van der Waals surface area contributed by atoms with Gasteiger partial charge in [0, 0.05) is 38.1 Å². The van der Waals surface area contributed by atoms with Crippen molar-refractivity contribution in [1.82, 2.24) is 15.5 Å². The molecule has 0 spiro atoms. The molecule has 1 saturated heterocycles. The third-order valence-corrected chi connectivity index (χ3v) is 7.44. The van der Waals surface area contributed by atoms with Crippen LogP contribution in [0, 0.1) is 17.8 Å². The second-order valence-electron chi connectivity index (χ2n) is 9.37. The SMILES string of the molecule is CN=C(NC1CCN(C(=O)C2CCCCC2)C1)NC1CC1C1CCCCC1.I. The normalized spacial score (nSPS) is 32.0. The van der Waals surface area contributed by atoms with Crippen LogP contribution in [0.5, 0.6) is 0 Å². The molecule has 0 aromatic heterocycles. The van der Waals surface area contributed by atoms with Crippen molar-refractivity contribution < 1.29 is 4.79 Å². The van der Waals surface area contributed by atoms with Gasteiger partial charge in [-0.15, -0.1) is 24.0 Å². The summed E-state index contributed by atoms with van der Waals surface area (Å²) in [5.41, 5.74) is 0. The molecule has 4 rings (SSSR count). The molecule has 0 bridgehead atoms. The highest BCUT2D eigenvalue weighted by Gasteiger charge is 2.43. The molecule has 28 heavy (non-hydrogen) atoms. The van der Waals surface area contributed by atoms with E-state index < -0.39 is 0 Å². The first-order valence-electron chi connectivity index (χ1n) is 11.5. The summed E-state index contributed by atoms with van der Waals surface area (Å²) >= 11 is 0. The molecule has 3 aliphatic carbocycles. The highest BCUT2D eigenvalue weighted by atomic mass is 127. The van der Waals surface area contributed by atoms with Gasteiger partial charge in [0.05, 0.1) is 0 Å². The molecule has 0 aromatic rings. The first-order chi connectivity index (χ1) is 13.2. The van der Waals surface area contributed by atoms with Gasteiger partial charge in [-0.2, -0.15) is 0 Å². The van der Waals surface area contributed by atoms with Crippen molar-refractivity contribution in [2.75, 3.05) is 20.1 Å². The number of carbonyl (C=O) groups is 1. The van der Waals surface area contributed by atoms with E-state index in [4.69, 9.17) is 0 Å². The van der Waals surface area contributed by atoms with Crippen LogP contribution < -0.4 is 10.6 Å². The maximum absolute atomic E-state index is 12.8. The van der Waals surface area contributed by atoms with E-state index in [1.807, 2.05) is 7.05 Å². The lowest BCUT2D eigenvalue weighted by Crippen LogP contribution is -2.46. The number of hydrogen-bond acceptors (Lipinski definition) is 2. The molecule has 1 aliphatic heterocycles. The fourth-order valence-corrected chi connectivity index (χ4v) is 5.69. The lowest BCUT2D eigenvalue weighted by Gasteiger charge is -2.26. The number of likely N-dealkylation sites (tertiary alicyclic amines) is 1. The van der Waals surface area contributed by atoms with Gasteiger partial charge >= 0.3 is 0 Å². The van der Waals surface area contributed by atoms with Gasteiger partial charge in [0.25, 0.3) is 0 Å². The third-order valence-electron chi connectivity index (χ3n) is 7.44. The van der Waals surface area contributed by atoms with Crippen molar-refractivity contribution in [1.29, 1.82) is 0 Å². The molecule has 5 nitrogen and oxygen atoms in total. The van der Waals surface area contributed by atoms with Gasteiger partial charge in [-0.25, -0.2) is 0 Å². The lowest BCUT2D eigenvalue weighted by molar-refractivity contribution is -0.135. The van der Waals surface area contributed by atoms with Crippen LogP contribution in [0.1, 0.15) is 77.0 Å². The van der Waals surface area contributed by atoms with Crippen molar-refractivity contribution in [2.24, 2.45) is 22.7 Å². The molecule has 3 saturated carbocycles. The smallest absolute Gasteiger partial charge is 0.225 e. The molecular weight excluding hydrogens is 463 g/mol. The van der Waals surface area contributed by atoms with Gasteiger partial charge < -0.3 is 15.5 Å². The van der Waals surface area contributed by atoms with Crippen LogP contribution in [0.15, 0.2) is 4.99 Å². The summed E-state index contributed by atoms with van der Waals surface area (Å²) in [5.74, 6) is 3.43. The summed E-state index contributed by atoms with van der Waals surface area (Å²) in [6.07, 6.45) is 15.4. The minimum atomic E-state index is 0. The van der Waals surface area contributed by atoms with Gasteiger partial charge in [0.1, 0.15) is 0 Å². The highest BCUT2D eigenvalue weighted by molar-refractivity contribution is 14.0. The van der Waals surface area contributed by atoms with E-state index >= 15 is 0 Å². The molecule has 2 N–H and O–H groups in total. The molecule has 1 heterocycles. The first kappa shape index (κ1) is 22.2. The van der Waals surface area contributed by atoms with E-state index in [0.29, 0.717) is 18.0 Å². The number of aliphatic imine (C=N–C) groups is 1. The Hall–Kier alpha value is -0.530. The number of halogens is 1. The Morgan fingerprint density at radius 2 is 1.61 bits per heavy atom. The molecule has 0 aromatic carbocycles. The largest absolute Gasteiger partial charge is 0.353 e. The topological polar surface area (TPSA) is 56.7 Å². The van der Waals surface area contributed by atoms with Gasteiger partial charge in [0.2, 0.25) is 5.91 Å². The number of rotatable bonds is 4. The summed E-state index contributed by atoms with van der Waals surface area (Å²) in [6, 6.07) is 0.955. The summed E-state index contributed by atoms with van der Waals surface area (Å²) in [6.45, 7) is 1.74. The lowest BCUT2D eigenvalue weighted by atomic mass is 9.85. The predicted molar refractivity (Wildman–Crippen MR) is 125 cm³/mol. The molecule has 3 unspecified atom stereocenters. The minimum absolute atomic E-state index is 0. The second-order valence-corrected chi connectivity index (χ2v) is 9.37. The van der Waals surface area contributed by atoms with Gasteiger partial charge in [-0.3, -0.25) is 9.79 Å². The quantitative estimate of drug-likeness (QED) is 0.348. The van der Waals surface area contributed by atoms with Crippen LogP contribution in [0.4, 0.5) is 0 Å². The number of hydrogen-bond donors (Lipinski definition) is 2. The van der Waals surface area contributed by atoms with E-state index in [-0.39, 0.29) is 29.9 Å². The van der Waals surface area contributed by atoms with Crippen LogP contribution in [0.2, 0.25) is 0 Å². The highest BCUT2D eigenvalue weighted by Crippen LogP contribution is 2.44. The van der Waals surface area contributed by atoms with Crippen LogP contribution in [0.3, 0.4) is 0 Å². The summed E-state index contributed by atoms with van der Waals surface area (Å²) < 4.78 is 0. The molecule has 3 atom stereocenters. The zero-order valence-electron chi connectivity index (χ0n) is 17.5. The van der Waals surface area contributed by atoms with Gasteiger partial charge in [-0.05, 0) is 37.5 Å². The van der Waals surface area contributed by atoms with E-state index in [9.17, 15) is 4.79 Å². The second kappa shape index (κ2) is 10.5. The summed E-state index contributed by atoms with van der Waals surface area (Å²) in [4.78, 5) is 19.3. The van der Waals surface area contributed by atoms with Gasteiger partial charge in [-0.1, -0.05) is 51.4 Å². The number of nitrogens with one attached hydrogen (secondary N) is 2. The predicted octanol–water partition coefficient (Wildman–Crippen LogP) is 3.92. The molecule has 4 fully saturated rings. The van der Waals surface area contributed by atoms with E-state index in [2.05, 4.69) is 20.5 Å². The maximum Gasteiger partial charge on any atom is 0.225 e. The number of guanidine groups is 1. The molecule has 6 heteroatoms. The number of nitrogens with zero attached hydrogens (tertiary/aromatic N) is 2. The Labute approximate surface area is 187 Å². The Bertz CT molecular complexity index is 543. The van der Waals surface area contributed by atoms with Crippen molar-refractivity contribution >= 4 is 35.8 Å². The van der Waals surface area contributed by atoms with E-state index in [1.165, 1.54) is 57.8 Å². The van der Waals surface area contributed by atoms with Crippen LogP contribution in [0.25, 0.3) is 0 Å². The summed E-state index contributed by atoms with van der Waals surface area (Å²) in [5, 5.41) is 7.25. The molecule has 0 radical (unpaired) electrons. The zero-order valence-corrected chi connectivity index (χ0v) is 19.8. The van der Waals surface area contributed by atoms with Crippen LogP contribution >= 0.6 is 24.0 Å². The van der Waals surface area contributed by atoms with E-state index in [1.54, 1.807) is 0 Å². The zero-order chi connectivity index (χ0) is 18.6. The first-order valence-corrected chi connectivity index (χ1v) is 11.5. The van der Waals surface area contributed by atoms with Crippen LogP contribution in [-0.2, 0) is 4.79 Å². The Morgan fingerprint density at radius 3 is 2.29 bits per heavy atom. The Balaban J connectivity index is 0.00000225. The standard InChI is InChI=1S/C22H38N4O.HI/c1-23-22(25-20-14-19(20)16-8-4-2-5-9-16)24-18-12-13-26(15-18)21(27)17-10-6-3-7-11-17;/h16-20H,2-15H2,1H3,(H2,23,24,25);1H. The minimum Gasteiger partial charge on any atom is -0.353 e. The number of carbonyl (C=O) groups excluding carboxylic acids is 1. The summed E-state index contributed by atoms with van der Waals surface area (Å²) in [7, 11) is 1.87. The molecular formula is C22H39IN4O. The average molecular weight is 502 g/mol. The fraction of sp³-hybridized carbons (Fsp3) is 0.909. The maximum atomic E-state index is 12.8. The third kappa shape index (κ3) is 5.54. The van der Waals surface area contributed by atoms with Crippen molar-refractivity contribution in [3.05, 3.63) is 0 Å². The number of amides is 1. The Kier molecular flexibility index (Phi) is 8.30. The van der Waals surface area contributed by atoms with E-state index in [0.717, 1.165) is 50.1 Å². The molecule has 160 valence electrons. The fourth-order valence-electron chi connectivity index (χ4n) is 5.69. The van der Waals surface area contributed by atoms with Crippen LogP contribution in [-0.4, -0.2) is 49.0 Å². The molecule has 1 amide bonds. The molecule has 4 aliphatic rings.